The summed E-state index contributed by atoms with van der Waals surface area (Å²) in [5, 5.41) is 0. The predicted molar refractivity (Wildman–Crippen MR) is 85.6 cm³/mol. The highest BCUT2D eigenvalue weighted by Gasteiger charge is 2.26. The highest BCUT2D eigenvalue weighted by Crippen LogP contribution is 2.41. The van der Waals surface area contributed by atoms with Gasteiger partial charge in [0.05, 0.1) is 0 Å². The van der Waals surface area contributed by atoms with Crippen molar-refractivity contribution in [1.29, 1.82) is 0 Å². The average Bonchev–Trinajstić information content (AvgIpc) is 2.62. The van der Waals surface area contributed by atoms with Crippen molar-refractivity contribution >= 4 is 6.29 Å². The monoisotopic (exact) mass is 272 g/mol. The average molecular weight is 272 g/mol. The molecule has 1 heteroatoms. The van der Waals surface area contributed by atoms with Crippen LogP contribution >= 0.6 is 0 Å². The van der Waals surface area contributed by atoms with Gasteiger partial charge in [-0.3, -0.25) is 4.79 Å². The Morgan fingerprint density at radius 2 is 1.60 bits per heavy atom. The molecule has 0 aromatic heterocycles. The van der Waals surface area contributed by atoms with Gasteiger partial charge in [-0.15, -0.1) is 0 Å². The largest absolute Gasteiger partial charge is 0.298 e. The smallest absolute Gasteiger partial charge is 0.146 e. The van der Waals surface area contributed by atoms with E-state index in [1.807, 2.05) is 0 Å². The number of hydrogen-bond donors (Lipinski definition) is 0. The number of carbonyl (C=O) groups is 1. The normalized spacial score (nSPS) is 24.1. The van der Waals surface area contributed by atoms with Crippen LogP contribution in [0.1, 0.15) is 72.1 Å². The van der Waals surface area contributed by atoms with E-state index in [-0.39, 0.29) is 5.41 Å². The van der Waals surface area contributed by atoms with Crippen LogP contribution in [0.25, 0.3) is 0 Å². The maximum absolute atomic E-state index is 11.3. The number of allylic oxidation sites excluding steroid dienone is 6. The Morgan fingerprint density at radius 3 is 2.25 bits per heavy atom. The zero-order chi connectivity index (χ0) is 14.6. The first kappa shape index (κ1) is 15.3. The fourth-order valence-corrected chi connectivity index (χ4v) is 3.65. The Morgan fingerprint density at radius 1 is 0.900 bits per heavy atom. The summed E-state index contributed by atoms with van der Waals surface area (Å²) >= 11 is 0. The lowest BCUT2D eigenvalue weighted by molar-refractivity contribution is -0.105. The molecule has 20 heavy (non-hydrogen) atoms. The fraction of sp³-hybridized carbons (Fsp3) is 0.632. The van der Waals surface area contributed by atoms with Crippen molar-refractivity contribution < 1.29 is 4.79 Å². The second-order valence-corrected chi connectivity index (χ2v) is 6.99. The minimum absolute atomic E-state index is 0.283. The number of aldehydes is 1. The van der Waals surface area contributed by atoms with E-state index in [9.17, 15) is 4.79 Å². The van der Waals surface area contributed by atoms with Gasteiger partial charge in [-0.25, -0.2) is 0 Å². The Kier molecular flexibility index (Phi) is 5.01. The molecule has 110 valence electrons. The third-order valence-electron chi connectivity index (χ3n) is 4.94. The van der Waals surface area contributed by atoms with E-state index in [0.29, 0.717) is 0 Å². The standard InChI is InChI=1S/C19H28O/c1-15-8-7-13-19(2,3)18(15)12-11-16-9-5-4-6-10-17(16)14-20/h11-12,14H,4-10,13H2,1-3H3. The van der Waals surface area contributed by atoms with Crippen molar-refractivity contribution in [2.45, 2.75) is 72.1 Å². The molecule has 0 unspecified atom stereocenters. The number of rotatable bonds is 3. The molecule has 0 N–H and O–H groups in total. The van der Waals surface area contributed by atoms with Crippen LogP contribution in [-0.2, 0) is 4.79 Å². The molecule has 0 aliphatic heterocycles. The minimum atomic E-state index is 0.283. The minimum Gasteiger partial charge on any atom is -0.298 e. The quantitative estimate of drug-likeness (QED) is 0.617. The molecule has 0 spiro atoms. The van der Waals surface area contributed by atoms with Gasteiger partial charge in [0.1, 0.15) is 6.29 Å². The first-order valence-corrected chi connectivity index (χ1v) is 8.10. The van der Waals surface area contributed by atoms with Crippen LogP contribution in [0.15, 0.2) is 34.4 Å². The van der Waals surface area contributed by atoms with Crippen LogP contribution in [0.5, 0.6) is 0 Å². The second-order valence-electron chi connectivity index (χ2n) is 6.99. The van der Waals surface area contributed by atoms with Gasteiger partial charge < -0.3 is 0 Å². The molecule has 1 nitrogen and oxygen atoms in total. The van der Waals surface area contributed by atoms with Crippen molar-refractivity contribution in [1.82, 2.24) is 0 Å². The topological polar surface area (TPSA) is 17.1 Å². The molecule has 2 aliphatic rings. The number of carbonyl (C=O) groups excluding carboxylic acids is 1. The number of hydrogen-bond acceptors (Lipinski definition) is 1. The fourth-order valence-electron chi connectivity index (χ4n) is 3.65. The first-order chi connectivity index (χ1) is 9.54. The summed E-state index contributed by atoms with van der Waals surface area (Å²) < 4.78 is 0. The lowest BCUT2D eigenvalue weighted by Crippen LogP contribution is -2.19. The van der Waals surface area contributed by atoms with Gasteiger partial charge in [0, 0.05) is 0 Å². The molecule has 0 radical (unpaired) electrons. The highest BCUT2D eigenvalue weighted by molar-refractivity contribution is 5.75. The molecule has 0 aromatic rings. The van der Waals surface area contributed by atoms with Crippen LogP contribution in [0.3, 0.4) is 0 Å². The molecular weight excluding hydrogens is 244 g/mol. The Balaban J connectivity index is 2.27. The highest BCUT2D eigenvalue weighted by atomic mass is 16.1. The summed E-state index contributed by atoms with van der Waals surface area (Å²) in [4.78, 5) is 11.3. The molecule has 0 bridgehead atoms. The summed E-state index contributed by atoms with van der Waals surface area (Å²) in [5.41, 5.74) is 5.61. The van der Waals surface area contributed by atoms with E-state index in [4.69, 9.17) is 0 Å². The van der Waals surface area contributed by atoms with Gasteiger partial charge in [-0.1, -0.05) is 38.0 Å². The van der Waals surface area contributed by atoms with Gasteiger partial charge >= 0.3 is 0 Å². The van der Waals surface area contributed by atoms with Crippen LogP contribution in [0.2, 0.25) is 0 Å². The van der Waals surface area contributed by atoms with Crippen LogP contribution < -0.4 is 0 Å². The Hall–Kier alpha value is -1.11. The third kappa shape index (κ3) is 3.50. The van der Waals surface area contributed by atoms with Crippen molar-refractivity contribution in [3.05, 3.63) is 34.4 Å². The van der Waals surface area contributed by atoms with Gasteiger partial charge in [0.15, 0.2) is 0 Å². The van der Waals surface area contributed by atoms with Crippen molar-refractivity contribution in [2.75, 3.05) is 0 Å². The summed E-state index contributed by atoms with van der Waals surface area (Å²) in [6, 6.07) is 0. The third-order valence-corrected chi connectivity index (χ3v) is 4.94. The molecule has 0 amide bonds. The maximum Gasteiger partial charge on any atom is 0.146 e. The van der Waals surface area contributed by atoms with Gasteiger partial charge in [0.25, 0.3) is 0 Å². The SMILES string of the molecule is CC1=C(C=CC2=C(C=O)CCCCC2)C(C)(C)CCC1. The van der Waals surface area contributed by atoms with Crippen molar-refractivity contribution in [3.8, 4) is 0 Å². The zero-order valence-electron chi connectivity index (χ0n) is 13.3. The zero-order valence-corrected chi connectivity index (χ0v) is 13.3. The molecule has 0 atom stereocenters. The molecule has 0 heterocycles. The maximum atomic E-state index is 11.3. The van der Waals surface area contributed by atoms with Gasteiger partial charge in [-0.05, 0) is 74.0 Å². The van der Waals surface area contributed by atoms with E-state index in [2.05, 4.69) is 32.9 Å². The predicted octanol–water partition coefficient (Wildman–Crippen LogP) is 5.53. The lowest BCUT2D eigenvalue weighted by Gasteiger charge is -2.33. The van der Waals surface area contributed by atoms with Gasteiger partial charge in [0.2, 0.25) is 0 Å². The van der Waals surface area contributed by atoms with Crippen LogP contribution in [0.4, 0.5) is 0 Å². The van der Waals surface area contributed by atoms with Gasteiger partial charge in [-0.2, -0.15) is 0 Å². The van der Waals surface area contributed by atoms with Crippen molar-refractivity contribution in [3.63, 3.8) is 0 Å². The summed E-state index contributed by atoms with van der Waals surface area (Å²) in [6.07, 6.45) is 15.1. The molecule has 0 saturated carbocycles. The van der Waals surface area contributed by atoms with E-state index in [1.54, 1.807) is 0 Å². The van der Waals surface area contributed by atoms with Crippen molar-refractivity contribution in [2.24, 2.45) is 5.41 Å². The summed E-state index contributed by atoms with van der Waals surface area (Å²) in [5.74, 6) is 0. The van der Waals surface area contributed by atoms with E-state index in [1.165, 1.54) is 55.2 Å². The molecule has 2 rings (SSSR count). The summed E-state index contributed by atoms with van der Waals surface area (Å²) in [6.45, 7) is 6.96. The Labute approximate surface area is 123 Å². The van der Waals surface area contributed by atoms with E-state index < -0.39 is 0 Å². The molecular formula is C19H28O. The molecule has 0 fully saturated rings. The van der Waals surface area contributed by atoms with Crippen LogP contribution in [0, 0.1) is 5.41 Å². The van der Waals surface area contributed by atoms with E-state index in [0.717, 1.165) is 24.7 Å². The molecule has 2 aliphatic carbocycles. The summed E-state index contributed by atoms with van der Waals surface area (Å²) in [7, 11) is 0. The molecule has 0 saturated heterocycles. The first-order valence-electron chi connectivity index (χ1n) is 8.10. The lowest BCUT2D eigenvalue weighted by atomic mass is 9.72. The Bertz CT molecular complexity index is 460. The second kappa shape index (κ2) is 6.56. The van der Waals surface area contributed by atoms with Crippen LogP contribution in [-0.4, -0.2) is 6.29 Å². The van der Waals surface area contributed by atoms with E-state index >= 15 is 0 Å². The molecule has 0 aromatic carbocycles.